The Morgan fingerprint density at radius 2 is 1.49 bits per heavy atom. The minimum Gasteiger partial charge on any atom is -0.361 e. The molecule has 6 heteroatoms. The molecule has 0 aliphatic heterocycles. The summed E-state index contributed by atoms with van der Waals surface area (Å²) in [6.07, 6.45) is 5.88. The molecular weight excluding hydrogens is 489 g/mol. The van der Waals surface area contributed by atoms with Crippen LogP contribution in [0.2, 0.25) is 0 Å². The fourth-order valence-electron chi connectivity index (χ4n) is 4.79. The first-order chi connectivity index (χ1) is 18.9. The maximum atomic E-state index is 13.8. The van der Waals surface area contributed by atoms with E-state index in [1.54, 1.807) is 17.0 Å². The van der Waals surface area contributed by atoms with Gasteiger partial charge in [0.05, 0.1) is 0 Å². The van der Waals surface area contributed by atoms with Gasteiger partial charge in [-0.2, -0.15) is 0 Å². The average Bonchev–Trinajstić information content (AvgIpc) is 3.36. The van der Waals surface area contributed by atoms with Crippen LogP contribution in [0.5, 0.6) is 0 Å². The van der Waals surface area contributed by atoms with E-state index < -0.39 is 0 Å². The van der Waals surface area contributed by atoms with Crippen LogP contribution in [0.15, 0.2) is 79.0 Å². The Morgan fingerprint density at radius 3 is 2.21 bits per heavy atom. The van der Waals surface area contributed by atoms with Gasteiger partial charge in [-0.05, 0) is 54.7 Å². The molecule has 0 spiro atoms. The number of unbranched alkanes of at least 4 members (excludes halogenated alkanes) is 2. The van der Waals surface area contributed by atoms with Crippen LogP contribution in [-0.4, -0.2) is 39.7 Å². The number of amides is 2. The molecule has 5 nitrogen and oxygen atoms in total. The van der Waals surface area contributed by atoms with Crippen molar-refractivity contribution in [2.75, 3.05) is 13.1 Å². The van der Waals surface area contributed by atoms with Crippen LogP contribution < -0.4 is 0 Å². The van der Waals surface area contributed by atoms with Crippen LogP contribution in [0.3, 0.4) is 0 Å². The normalized spacial score (nSPS) is 11.1. The first kappa shape index (κ1) is 28.1. The Balaban J connectivity index is 1.53. The number of benzene rings is 3. The third-order valence-electron chi connectivity index (χ3n) is 7.13. The molecule has 0 atom stereocenters. The van der Waals surface area contributed by atoms with Crippen LogP contribution >= 0.6 is 0 Å². The number of aryl methyl sites for hydroxylation is 1. The smallest absolute Gasteiger partial charge is 0.242 e. The van der Waals surface area contributed by atoms with Crippen molar-refractivity contribution in [2.45, 2.75) is 59.0 Å². The molecule has 1 aromatic heterocycles. The molecule has 0 saturated carbocycles. The van der Waals surface area contributed by atoms with E-state index in [0.717, 1.165) is 46.9 Å². The summed E-state index contributed by atoms with van der Waals surface area (Å²) in [4.78, 5) is 33.8. The summed E-state index contributed by atoms with van der Waals surface area (Å²) in [6.45, 7) is 5.40. The Labute approximate surface area is 230 Å². The molecule has 0 fully saturated rings. The van der Waals surface area contributed by atoms with Crippen molar-refractivity contribution >= 4 is 22.7 Å². The zero-order valence-electron chi connectivity index (χ0n) is 23.0. The Hall–Kier alpha value is -3.93. The maximum absolute atomic E-state index is 13.8. The molecular formula is C33H38FN3O2. The summed E-state index contributed by atoms with van der Waals surface area (Å²) >= 11 is 0. The van der Waals surface area contributed by atoms with E-state index in [1.807, 2.05) is 48.4 Å². The van der Waals surface area contributed by atoms with Crippen molar-refractivity contribution in [3.8, 4) is 0 Å². The summed E-state index contributed by atoms with van der Waals surface area (Å²) in [6, 6.07) is 22.5. The molecule has 39 heavy (non-hydrogen) atoms. The van der Waals surface area contributed by atoms with Gasteiger partial charge in [0.15, 0.2) is 0 Å². The van der Waals surface area contributed by atoms with E-state index in [9.17, 15) is 14.0 Å². The fourth-order valence-corrected chi connectivity index (χ4v) is 4.79. The van der Waals surface area contributed by atoms with E-state index in [0.29, 0.717) is 25.9 Å². The summed E-state index contributed by atoms with van der Waals surface area (Å²) < 4.78 is 13.5. The van der Waals surface area contributed by atoms with Gasteiger partial charge in [-0.25, -0.2) is 4.39 Å². The van der Waals surface area contributed by atoms with Crippen LogP contribution in [-0.2, 0) is 29.1 Å². The Kier molecular flexibility index (Phi) is 9.90. The lowest BCUT2D eigenvalue weighted by Gasteiger charge is -2.28. The van der Waals surface area contributed by atoms with Crippen molar-refractivity contribution in [3.63, 3.8) is 0 Å². The second-order valence-corrected chi connectivity index (χ2v) is 10.2. The Bertz CT molecular complexity index is 1360. The second kappa shape index (κ2) is 13.7. The highest BCUT2D eigenvalue weighted by Crippen LogP contribution is 2.19. The molecule has 0 aliphatic rings. The number of carbonyl (C=O) groups excluding carboxylic acids is 2. The first-order valence-corrected chi connectivity index (χ1v) is 13.8. The van der Waals surface area contributed by atoms with E-state index in [1.165, 1.54) is 17.7 Å². The number of aromatic amines is 1. The van der Waals surface area contributed by atoms with E-state index in [-0.39, 0.29) is 30.7 Å². The van der Waals surface area contributed by atoms with Gasteiger partial charge in [-0.15, -0.1) is 0 Å². The zero-order valence-corrected chi connectivity index (χ0v) is 23.0. The fraction of sp³-hybridized carbons (Fsp3) is 0.333. The zero-order chi connectivity index (χ0) is 27.6. The van der Waals surface area contributed by atoms with Crippen LogP contribution in [0.25, 0.3) is 10.9 Å². The van der Waals surface area contributed by atoms with Crippen LogP contribution in [0.1, 0.15) is 54.9 Å². The standard InChI is InChI=1S/C33H38FN3O2/c1-3-4-5-10-32(38)37(23-27-15-17-29(34)18-16-27)24-33(39)36(22-26-13-11-25(2)12-14-26)20-19-28-21-35-31-9-7-6-8-30(28)31/h6-9,11-18,21,35H,3-5,10,19-20,22-24H2,1-2H3. The number of hydrogen-bond donors (Lipinski definition) is 1. The van der Waals surface area contributed by atoms with Crippen molar-refractivity contribution < 1.29 is 14.0 Å². The third kappa shape index (κ3) is 8.03. The van der Waals surface area contributed by atoms with E-state index in [2.05, 4.69) is 30.1 Å². The molecule has 4 rings (SSSR count). The molecule has 2 amide bonds. The highest BCUT2D eigenvalue weighted by Gasteiger charge is 2.22. The minimum absolute atomic E-state index is 0.0118. The summed E-state index contributed by atoms with van der Waals surface area (Å²) in [7, 11) is 0. The molecule has 0 bridgehead atoms. The van der Waals surface area contributed by atoms with E-state index >= 15 is 0 Å². The van der Waals surface area contributed by atoms with Gasteiger partial charge in [0.2, 0.25) is 11.8 Å². The number of nitrogens with zero attached hydrogens (tertiary/aromatic N) is 2. The van der Waals surface area contributed by atoms with Gasteiger partial charge in [-0.3, -0.25) is 9.59 Å². The summed E-state index contributed by atoms with van der Waals surface area (Å²) in [5, 5.41) is 1.16. The number of para-hydroxylation sites is 1. The van der Waals surface area contributed by atoms with Gasteiger partial charge in [0.25, 0.3) is 0 Å². The first-order valence-electron chi connectivity index (χ1n) is 13.8. The van der Waals surface area contributed by atoms with Gasteiger partial charge < -0.3 is 14.8 Å². The molecule has 204 valence electrons. The third-order valence-corrected chi connectivity index (χ3v) is 7.13. The lowest BCUT2D eigenvalue weighted by molar-refractivity contribution is -0.141. The number of nitrogens with one attached hydrogen (secondary N) is 1. The van der Waals surface area contributed by atoms with Gasteiger partial charge in [0, 0.05) is 43.2 Å². The number of rotatable bonds is 13. The lowest BCUT2D eigenvalue weighted by atomic mass is 10.1. The van der Waals surface area contributed by atoms with Crippen molar-refractivity contribution in [3.05, 3.63) is 107 Å². The lowest BCUT2D eigenvalue weighted by Crippen LogP contribution is -2.43. The number of H-pyrrole nitrogens is 1. The topological polar surface area (TPSA) is 56.4 Å². The summed E-state index contributed by atoms with van der Waals surface area (Å²) in [5.41, 5.74) is 5.25. The van der Waals surface area contributed by atoms with E-state index in [4.69, 9.17) is 0 Å². The highest BCUT2D eigenvalue weighted by molar-refractivity contribution is 5.85. The monoisotopic (exact) mass is 527 g/mol. The summed E-state index contributed by atoms with van der Waals surface area (Å²) in [5.74, 6) is -0.466. The molecule has 4 aromatic rings. The number of hydrogen-bond acceptors (Lipinski definition) is 2. The molecule has 0 saturated heterocycles. The predicted octanol–water partition coefficient (Wildman–Crippen LogP) is 6.80. The molecule has 0 unspecified atom stereocenters. The van der Waals surface area contributed by atoms with Crippen molar-refractivity contribution in [1.29, 1.82) is 0 Å². The van der Waals surface area contributed by atoms with Gasteiger partial charge in [0.1, 0.15) is 12.4 Å². The number of fused-ring (bicyclic) bond motifs is 1. The van der Waals surface area contributed by atoms with Crippen molar-refractivity contribution in [1.82, 2.24) is 14.8 Å². The molecule has 3 aromatic carbocycles. The average molecular weight is 528 g/mol. The molecule has 0 radical (unpaired) electrons. The predicted molar refractivity (Wildman–Crippen MR) is 155 cm³/mol. The molecule has 0 aliphatic carbocycles. The largest absolute Gasteiger partial charge is 0.361 e. The van der Waals surface area contributed by atoms with Crippen molar-refractivity contribution in [2.24, 2.45) is 0 Å². The number of carbonyl (C=O) groups is 2. The molecule has 1 N–H and O–H groups in total. The Morgan fingerprint density at radius 1 is 0.821 bits per heavy atom. The number of halogens is 1. The minimum atomic E-state index is -0.322. The van der Waals surface area contributed by atoms with Gasteiger partial charge >= 0.3 is 0 Å². The van der Waals surface area contributed by atoms with Gasteiger partial charge in [-0.1, -0.05) is 79.9 Å². The SMILES string of the molecule is CCCCCC(=O)N(CC(=O)N(CCc1c[nH]c2ccccc12)Cc1ccc(C)cc1)Cc1ccc(F)cc1. The van der Waals surface area contributed by atoms with Crippen LogP contribution in [0, 0.1) is 12.7 Å². The van der Waals surface area contributed by atoms with Crippen LogP contribution in [0.4, 0.5) is 4.39 Å². The second-order valence-electron chi connectivity index (χ2n) is 10.2. The molecule has 1 heterocycles. The quantitative estimate of drug-likeness (QED) is 0.195. The highest BCUT2D eigenvalue weighted by atomic mass is 19.1. The number of aromatic nitrogens is 1. The maximum Gasteiger partial charge on any atom is 0.242 e.